The van der Waals surface area contributed by atoms with Crippen LogP contribution < -0.4 is 4.74 Å². The highest BCUT2D eigenvalue weighted by molar-refractivity contribution is 6.32. The number of benzene rings is 2. The van der Waals surface area contributed by atoms with Crippen molar-refractivity contribution >= 4 is 23.2 Å². The molecule has 0 saturated heterocycles. The molecule has 0 atom stereocenters. The van der Waals surface area contributed by atoms with Gasteiger partial charge in [0, 0.05) is 0 Å². The molecule has 2 rings (SSSR count). The van der Waals surface area contributed by atoms with Gasteiger partial charge in [-0.25, -0.2) is 4.39 Å². The third kappa shape index (κ3) is 2.90. The van der Waals surface area contributed by atoms with Gasteiger partial charge in [0.25, 0.3) is 0 Å². The SMILES string of the molecule is Cc1ccc(Oc2ccc(F)cc2Cl)c(Cl)c1. The number of hydrogen-bond acceptors (Lipinski definition) is 1. The molecule has 1 nitrogen and oxygen atoms in total. The monoisotopic (exact) mass is 270 g/mol. The van der Waals surface area contributed by atoms with Gasteiger partial charge in [0.05, 0.1) is 10.0 Å². The van der Waals surface area contributed by atoms with Crippen LogP contribution in [0.4, 0.5) is 4.39 Å². The molecule has 2 aromatic carbocycles. The molecule has 0 amide bonds. The second-order valence-corrected chi connectivity index (χ2v) is 4.43. The molecule has 0 radical (unpaired) electrons. The molecule has 0 N–H and O–H groups in total. The molecule has 0 spiro atoms. The number of ether oxygens (including phenoxy) is 1. The number of rotatable bonds is 2. The van der Waals surface area contributed by atoms with Crippen molar-refractivity contribution in [3.63, 3.8) is 0 Å². The lowest BCUT2D eigenvalue weighted by Crippen LogP contribution is -1.87. The van der Waals surface area contributed by atoms with Crippen molar-refractivity contribution in [2.24, 2.45) is 0 Å². The Kier molecular flexibility index (Phi) is 3.55. The molecule has 0 aliphatic heterocycles. The summed E-state index contributed by atoms with van der Waals surface area (Å²) in [5.41, 5.74) is 1.03. The molecular formula is C13H9Cl2FO. The highest BCUT2D eigenvalue weighted by Crippen LogP contribution is 2.34. The molecule has 0 aliphatic carbocycles. The Morgan fingerprint density at radius 1 is 0.941 bits per heavy atom. The van der Waals surface area contributed by atoms with E-state index < -0.39 is 5.82 Å². The van der Waals surface area contributed by atoms with Crippen LogP contribution in [0.5, 0.6) is 11.5 Å². The predicted molar refractivity (Wildman–Crippen MR) is 67.7 cm³/mol. The van der Waals surface area contributed by atoms with Crippen LogP contribution >= 0.6 is 23.2 Å². The Labute approximate surface area is 109 Å². The van der Waals surface area contributed by atoms with E-state index in [4.69, 9.17) is 27.9 Å². The first kappa shape index (κ1) is 12.2. The van der Waals surface area contributed by atoms with E-state index in [1.165, 1.54) is 18.2 Å². The van der Waals surface area contributed by atoms with Crippen LogP contribution in [0.15, 0.2) is 36.4 Å². The van der Waals surface area contributed by atoms with Gasteiger partial charge >= 0.3 is 0 Å². The number of hydrogen-bond donors (Lipinski definition) is 0. The highest BCUT2D eigenvalue weighted by Gasteiger charge is 2.07. The zero-order valence-corrected chi connectivity index (χ0v) is 10.5. The molecule has 0 unspecified atom stereocenters. The van der Waals surface area contributed by atoms with Crippen LogP contribution in [0.1, 0.15) is 5.56 Å². The van der Waals surface area contributed by atoms with Gasteiger partial charge in [0.15, 0.2) is 0 Å². The number of aryl methyl sites for hydroxylation is 1. The molecule has 17 heavy (non-hydrogen) atoms. The van der Waals surface area contributed by atoms with Gasteiger partial charge in [-0.2, -0.15) is 0 Å². The molecule has 0 fully saturated rings. The summed E-state index contributed by atoms with van der Waals surface area (Å²) >= 11 is 11.9. The van der Waals surface area contributed by atoms with Crippen LogP contribution in [0, 0.1) is 12.7 Å². The first-order valence-corrected chi connectivity index (χ1v) is 5.71. The molecule has 0 aromatic heterocycles. The first-order valence-electron chi connectivity index (χ1n) is 4.95. The lowest BCUT2D eigenvalue weighted by atomic mass is 10.2. The maximum Gasteiger partial charge on any atom is 0.146 e. The summed E-state index contributed by atoms with van der Waals surface area (Å²) in [5.74, 6) is 0.460. The van der Waals surface area contributed by atoms with E-state index in [9.17, 15) is 4.39 Å². The second-order valence-electron chi connectivity index (χ2n) is 3.61. The third-order valence-electron chi connectivity index (χ3n) is 2.20. The molecule has 0 saturated carbocycles. The van der Waals surface area contributed by atoms with E-state index in [1.807, 2.05) is 13.0 Å². The molecule has 0 heterocycles. The Bertz CT molecular complexity index is 506. The van der Waals surface area contributed by atoms with Gasteiger partial charge in [-0.05, 0) is 42.8 Å². The maximum atomic E-state index is 12.9. The smallest absolute Gasteiger partial charge is 0.146 e. The van der Waals surface area contributed by atoms with E-state index >= 15 is 0 Å². The summed E-state index contributed by atoms with van der Waals surface area (Å²) < 4.78 is 18.4. The number of halogens is 3. The molecule has 0 aliphatic rings. The Hall–Kier alpha value is -1.25. The van der Waals surface area contributed by atoms with Gasteiger partial charge in [-0.15, -0.1) is 0 Å². The quantitative estimate of drug-likeness (QED) is 0.726. The molecule has 0 bridgehead atoms. The summed E-state index contributed by atoms with van der Waals surface area (Å²) in [7, 11) is 0. The second kappa shape index (κ2) is 4.94. The van der Waals surface area contributed by atoms with Crippen molar-refractivity contribution in [3.8, 4) is 11.5 Å². The van der Waals surface area contributed by atoms with E-state index in [0.29, 0.717) is 16.5 Å². The summed E-state index contributed by atoms with van der Waals surface area (Å²) in [6, 6.07) is 9.35. The predicted octanol–water partition coefficient (Wildman–Crippen LogP) is 5.23. The Morgan fingerprint density at radius 3 is 2.12 bits per heavy atom. The minimum atomic E-state index is -0.405. The zero-order valence-electron chi connectivity index (χ0n) is 9.01. The van der Waals surface area contributed by atoms with Gasteiger partial charge in [-0.1, -0.05) is 29.3 Å². The zero-order chi connectivity index (χ0) is 12.4. The highest BCUT2D eigenvalue weighted by atomic mass is 35.5. The summed E-state index contributed by atoms with van der Waals surface area (Å²) in [4.78, 5) is 0. The van der Waals surface area contributed by atoms with Gasteiger partial charge < -0.3 is 4.74 Å². The minimum absolute atomic E-state index is 0.210. The third-order valence-corrected chi connectivity index (χ3v) is 2.79. The van der Waals surface area contributed by atoms with Crippen LogP contribution in [0.25, 0.3) is 0 Å². The van der Waals surface area contributed by atoms with Crippen LogP contribution in [0.3, 0.4) is 0 Å². The summed E-state index contributed by atoms with van der Waals surface area (Å²) in [6.45, 7) is 1.93. The lowest BCUT2D eigenvalue weighted by Gasteiger charge is -2.09. The Balaban J connectivity index is 2.31. The standard InChI is InChI=1S/C13H9Cl2FO/c1-8-2-4-12(10(14)6-8)17-13-5-3-9(16)7-11(13)15/h2-7H,1H3. The average Bonchev–Trinajstić information content (AvgIpc) is 2.25. The van der Waals surface area contributed by atoms with Gasteiger partial charge in [0.2, 0.25) is 0 Å². The van der Waals surface area contributed by atoms with Gasteiger partial charge in [-0.3, -0.25) is 0 Å². The average molecular weight is 271 g/mol. The van der Waals surface area contributed by atoms with Crippen LogP contribution in [-0.2, 0) is 0 Å². The van der Waals surface area contributed by atoms with Crippen molar-refractivity contribution < 1.29 is 9.13 Å². The summed E-state index contributed by atoms with van der Waals surface area (Å²) in [6.07, 6.45) is 0. The fourth-order valence-corrected chi connectivity index (χ4v) is 1.84. The van der Waals surface area contributed by atoms with Crippen molar-refractivity contribution in [1.29, 1.82) is 0 Å². The van der Waals surface area contributed by atoms with Crippen LogP contribution in [-0.4, -0.2) is 0 Å². The molecule has 4 heteroatoms. The topological polar surface area (TPSA) is 9.23 Å². The maximum absolute atomic E-state index is 12.9. The van der Waals surface area contributed by atoms with E-state index in [1.54, 1.807) is 12.1 Å². The van der Waals surface area contributed by atoms with E-state index in [-0.39, 0.29) is 5.02 Å². The molecule has 88 valence electrons. The normalized spacial score (nSPS) is 10.4. The van der Waals surface area contributed by atoms with Gasteiger partial charge in [0.1, 0.15) is 17.3 Å². The van der Waals surface area contributed by atoms with Crippen molar-refractivity contribution in [1.82, 2.24) is 0 Å². The van der Waals surface area contributed by atoms with Crippen molar-refractivity contribution in [2.75, 3.05) is 0 Å². The van der Waals surface area contributed by atoms with Crippen molar-refractivity contribution in [3.05, 3.63) is 57.8 Å². The minimum Gasteiger partial charge on any atom is -0.454 e. The lowest BCUT2D eigenvalue weighted by molar-refractivity contribution is 0.481. The van der Waals surface area contributed by atoms with E-state index in [2.05, 4.69) is 0 Å². The largest absolute Gasteiger partial charge is 0.454 e. The first-order chi connectivity index (χ1) is 8.06. The fraction of sp³-hybridized carbons (Fsp3) is 0.0769. The summed E-state index contributed by atoms with van der Waals surface area (Å²) in [5, 5.41) is 0.701. The van der Waals surface area contributed by atoms with Crippen molar-refractivity contribution in [2.45, 2.75) is 6.92 Å². The van der Waals surface area contributed by atoms with E-state index in [0.717, 1.165) is 5.56 Å². The Morgan fingerprint density at radius 2 is 1.53 bits per heavy atom. The van der Waals surface area contributed by atoms with Crippen LogP contribution in [0.2, 0.25) is 10.0 Å². The molecule has 2 aromatic rings. The molecular weight excluding hydrogens is 262 g/mol. The fourth-order valence-electron chi connectivity index (χ4n) is 1.37.